The summed E-state index contributed by atoms with van der Waals surface area (Å²) in [5, 5.41) is 5.56. The molecule has 0 aliphatic carbocycles. The summed E-state index contributed by atoms with van der Waals surface area (Å²) in [5.41, 5.74) is 8.78. The van der Waals surface area contributed by atoms with Crippen LogP contribution in [-0.4, -0.2) is 9.78 Å². The molecule has 3 nitrogen and oxygen atoms in total. The molecular weight excluding hydrogens is 162 g/mol. The standard InChI is InChI=1S/C10H13N3/c1-3-10-8-6-7(11)4-5-9(8)12-13(10)2/h4-6H,3,11H2,1-2H3. The van der Waals surface area contributed by atoms with Crippen LogP contribution < -0.4 is 5.73 Å². The second-order valence-corrected chi connectivity index (χ2v) is 3.20. The van der Waals surface area contributed by atoms with Gasteiger partial charge in [0.2, 0.25) is 0 Å². The number of benzene rings is 1. The van der Waals surface area contributed by atoms with E-state index in [0.29, 0.717) is 0 Å². The number of rotatable bonds is 1. The van der Waals surface area contributed by atoms with Gasteiger partial charge < -0.3 is 5.73 Å². The molecule has 0 fully saturated rings. The number of hydrogen-bond donors (Lipinski definition) is 1. The molecule has 3 heteroatoms. The lowest BCUT2D eigenvalue weighted by atomic mass is 10.1. The monoisotopic (exact) mass is 175 g/mol. The zero-order chi connectivity index (χ0) is 9.42. The maximum absolute atomic E-state index is 5.72. The Morgan fingerprint density at radius 2 is 2.23 bits per heavy atom. The van der Waals surface area contributed by atoms with E-state index in [4.69, 9.17) is 5.73 Å². The minimum absolute atomic E-state index is 0.801. The molecule has 0 bridgehead atoms. The summed E-state index contributed by atoms with van der Waals surface area (Å²) in [6.07, 6.45) is 0.983. The van der Waals surface area contributed by atoms with Crippen molar-refractivity contribution < 1.29 is 0 Å². The van der Waals surface area contributed by atoms with Crippen molar-refractivity contribution in [1.82, 2.24) is 9.78 Å². The Labute approximate surface area is 77.2 Å². The highest BCUT2D eigenvalue weighted by molar-refractivity contribution is 5.84. The molecule has 0 spiro atoms. The first-order chi connectivity index (χ1) is 6.22. The molecule has 0 aliphatic heterocycles. The Bertz CT molecular complexity index is 443. The first-order valence-corrected chi connectivity index (χ1v) is 4.43. The van der Waals surface area contributed by atoms with Crippen LogP contribution in [0.3, 0.4) is 0 Å². The summed E-state index contributed by atoms with van der Waals surface area (Å²) in [6, 6.07) is 5.83. The summed E-state index contributed by atoms with van der Waals surface area (Å²) < 4.78 is 1.92. The van der Waals surface area contributed by atoms with Crippen molar-refractivity contribution in [3.63, 3.8) is 0 Å². The number of aryl methyl sites for hydroxylation is 2. The van der Waals surface area contributed by atoms with Gasteiger partial charge in [0.25, 0.3) is 0 Å². The third kappa shape index (κ3) is 1.16. The second-order valence-electron chi connectivity index (χ2n) is 3.20. The number of nitrogens with two attached hydrogens (primary N) is 1. The summed E-state index contributed by atoms with van der Waals surface area (Å²) in [7, 11) is 1.97. The van der Waals surface area contributed by atoms with E-state index in [0.717, 1.165) is 17.6 Å². The van der Waals surface area contributed by atoms with Crippen molar-refractivity contribution >= 4 is 16.6 Å². The lowest BCUT2D eigenvalue weighted by molar-refractivity contribution is 0.728. The Morgan fingerprint density at radius 3 is 2.92 bits per heavy atom. The van der Waals surface area contributed by atoms with E-state index in [9.17, 15) is 0 Å². The van der Waals surface area contributed by atoms with Gasteiger partial charge in [0, 0.05) is 23.8 Å². The molecule has 0 unspecified atom stereocenters. The summed E-state index contributed by atoms with van der Waals surface area (Å²) in [4.78, 5) is 0. The molecule has 0 radical (unpaired) electrons. The molecule has 0 aliphatic rings. The van der Waals surface area contributed by atoms with Crippen LogP contribution in [0, 0.1) is 0 Å². The summed E-state index contributed by atoms with van der Waals surface area (Å²) in [6.45, 7) is 2.12. The van der Waals surface area contributed by atoms with Crippen LogP contribution in [0.2, 0.25) is 0 Å². The van der Waals surface area contributed by atoms with Gasteiger partial charge in [0.1, 0.15) is 0 Å². The van der Waals surface area contributed by atoms with Crippen LogP contribution in [0.15, 0.2) is 18.2 Å². The fraction of sp³-hybridized carbons (Fsp3) is 0.300. The fourth-order valence-corrected chi connectivity index (χ4v) is 1.69. The maximum Gasteiger partial charge on any atom is 0.0927 e. The number of fused-ring (bicyclic) bond motifs is 1. The number of nitrogen functional groups attached to an aromatic ring is 1. The van der Waals surface area contributed by atoms with E-state index in [1.54, 1.807) is 0 Å². The van der Waals surface area contributed by atoms with Crippen LogP contribution >= 0.6 is 0 Å². The molecule has 68 valence electrons. The number of aromatic nitrogens is 2. The lowest BCUT2D eigenvalue weighted by Gasteiger charge is -1.97. The smallest absolute Gasteiger partial charge is 0.0927 e. The molecule has 13 heavy (non-hydrogen) atoms. The predicted molar refractivity (Wildman–Crippen MR) is 54.5 cm³/mol. The van der Waals surface area contributed by atoms with Crippen molar-refractivity contribution in [1.29, 1.82) is 0 Å². The number of anilines is 1. The van der Waals surface area contributed by atoms with Crippen LogP contribution in [0.1, 0.15) is 12.6 Å². The first-order valence-electron chi connectivity index (χ1n) is 4.43. The van der Waals surface area contributed by atoms with Crippen molar-refractivity contribution in [3.05, 3.63) is 23.9 Å². The van der Waals surface area contributed by atoms with E-state index in [-0.39, 0.29) is 0 Å². The van der Waals surface area contributed by atoms with Crippen molar-refractivity contribution in [3.8, 4) is 0 Å². The van der Waals surface area contributed by atoms with Crippen LogP contribution in [0.4, 0.5) is 5.69 Å². The van der Waals surface area contributed by atoms with E-state index in [1.165, 1.54) is 11.1 Å². The minimum Gasteiger partial charge on any atom is -0.399 e. The van der Waals surface area contributed by atoms with Gasteiger partial charge >= 0.3 is 0 Å². The molecular formula is C10H13N3. The summed E-state index contributed by atoms with van der Waals surface area (Å²) in [5.74, 6) is 0. The van der Waals surface area contributed by atoms with Crippen molar-refractivity contribution in [2.24, 2.45) is 7.05 Å². The summed E-state index contributed by atoms with van der Waals surface area (Å²) >= 11 is 0. The molecule has 2 aromatic rings. The fourth-order valence-electron chi connectivity index (χ4n) is 1.69. The van der Waals surface area contributed by atoms with Gasteiger partial charge in [-0.3, -0.25) is 4.68 Å². The van der Waals surface area contributed by atoms with E-state index in [2.05, 4.69) is 12.0 Å². The van der Waals surface area contributed by atoms with Crippen LogP contribution in [-0.2, 0) is 13.5 Å². The minimum atomic E-state index is 0.801. The largest absolute Gasteiger partial charge is 0.399 e. The van der Waals surface area contributed by atoms with Gasteiger partial charge in [0.05, 0.1) is 5.52 Å². The van der Waals surface area contributed by atoms with Gasteiger partial charge in [-0.05, 0) is 24.6 Å². The predicted octanol–water partition coefficient (Wildman–Crippen LogP) is 1.72. The molecule has 1 aromatic carbocycles. The second kappa shape index (κ2) is 2.76. The van der Waals surface area contributed by atoms with Crippen LogP contribution in [0.25, 0.3) is 10.9 Å². The van der Waals surface area contributed by atoms with Gasteiger partial charge in [0.15, 0.2) is 0 Å². The molecule has 2 rings (SSSR count). The van der Waals surface area contributed by atoms with Gasteiger partial charge in [-0.25, -0.2) is 0 Å². The molecule has 1 aromatic heterocycles. The number of hydrogen-bond acceptors (Lipinski definition) is 2. The molecule has 0 atom stereocenters. The van der Waals surface area contributed by atoms with E-state index < -0.39 is 0 Å². The average molecular weight is 175 g/mol. The van der Waals surface area contributed by atoms with Crippen LogP contribution in [0.5, 0.6) is 0 Å². The van der Waals surface area contributed by atoms with Gasteiger partial charge in [-0.2, -0.15) is 5.10 Å². The quantitative estimate of drug-likeness (QED) is 0.670. The molecule has 2 N–H and O–H groups in total. The number of nitrogens with zero attached hydrogens (tertiary/aromatic N) is 2. The van der Waals surface area contributed by atoms with E-state index >= 15 is 0 Å². The third-order valence-electron chi connectivity index (χ3n) is 2.31. The highest BCUT2D eigenvalue weighted by Gasteiger charge is 2.06. The van der Waals surface area contributed by atoms with Gasteiger partial charge in [-0.15, -0.1) is 0 Å². The Balaban J connectivity index is 2.80. The molecule has 0 amide bonds. The Hall–Kier alpha value is -1.51. The Kier molecular flexibility index (Phi) is 1.72. The van der Waals surface area contributed by atoms with Crippen molar-refractivity contribution in [2.45, 2.75) is 13.3 Å². The molecule has 1 heterocycles. The average Bonchev–Trinajstić information content (AvgIpc) is 2.40. The lowest BCUT2D eigenvalue weighted by Crippen LogP contribution is -1.95. The highest BCUT2D eigenvalue weighted by atomic mass is 15.3. The maximum atomic E-state index is 5.72. The Morgan fingerprint density at radius 1 is 1.46 bits per heavy atom. The zero-order valence-electron chi connectivity index (χ0n) is 7.91. The topological polar surface area (TPSA) is 43.8 Å². The normalized spacial score (nSPS) is 10.9. The molecule has 0 saturated heterocycles. The van der Waals surface area contributed by atoms with Gasteiger partial charge in [-0.1, -0.05) is 6.92 Å². The first kappa shape index (κ1) is 8.10. The third-order valence-corrected chi connectivity index (χ3v) is 2.31. The zero-order valence-corrected chi connectivity index (χ0v) is 7.91. The molecule has 0 saturated carbocycles. The van der Waals surface area contributed by atoms with E-state index in [1.807, 2.05) is 29.9 Å². The van der Waals surface area contributed by atoms with Crippen molar-refractivity contribution in [2.75, 3.05) is 5.73 Å². The SMILES string of the molecule is CCc1c2cc(N)ccc2nn1C. The highest BCUT2D eigenvalue weighted by Crippen LogP contribution is 2.20.